The molecule has 0 rings (SSSR count). The van der Waals surface area contributed by atoms with Crippen LogP contribution in [-0.4, -0.2) is 23.3 Å². The summed E-state index contributed by atoms with van der Waals surface area (Å²) in [6.45, 7) is 7.11. The first kappa shape index (κ1) is 12.2. The second-order valence-electron chi connectivity index (χ2n) is 3.55. The molecule has 0 saturated carbocycles. The predicted octanol–water partition coefficient (Wildman–Crippen LogP) is 1.66. The highest BCUT2D eigenvalue weighted by Crippen LogP contribution is 2.03. The maximum atomic E-state index is 11.1. The molecule has 1 N–H and O–H groups in total. The van der Waals surface area contributed by atoms with E-state index in [2.05, 4.69) is 0 Å². The van der Waals surface area contributed by atoms with Crippen molar-refractivity contribution in [2.45, 2.75) is 46.3 Å². The minimum atomic E-state index is -0.436. The normalized spacial score (nSPS) is 14.5. The largest absolute Gasteiger partial charge is 0.459 e. The van der Waals surface area contributed by atoms with Gasteiger partial charge in [-0.1, -0.05) is 5.57 Å². The van der Waals surface area contributed by atoms with Gasteiger partial charge in [-0.05, 0) is 27.7 Å². The van der Waals surface area contributed by atoms with Crippen LogP contribution in [0.2, 0.25) is 0 Å². The zero-order valence-corrected chi connectivity index (χ0v) is 8.70. The fraction of sp³-hybridized carbons (Fsp3) is 0.700. The van der Waals surface area contributed by atoms with Gasteiger partial charge in [-0.15, -0.1) is 0 Å². The van der Waals surface area contributed by atoms with Gasteiger partial charge in [0.1, 0.15) is 6.10 Å². The molecule has 0 radical (unpaired) electrons. The molecule has 0 spiro atoms. The standard InChI is InChI=1S/C10H18O3/c1-7(2)5-10(12)13-9(4)6-8(3)11/h5,8-9,11H,6H2,1-4H3. The Morgan fingerprint density at radius 1 is 1.46 bits per heavy atom. The first-order valence-electron chi connectivity index (χ1n) is 4.45. The minimum absolute atomic E-state index is 0.233. The number of rotatable bonds is 4. The van der Waals surface area contributed by atoms with E-state index in [-0.39, 0.29) is 12.1 Å². The lowest BCUT2D eigenvalue weighted by molar-refractivity contribution is -0.143. The van der Waals surface area contributed by atoms with Gasteiger partial charge in [-0.25, -0.2) is 4.79 Å². The van der Waals surface area contributed by atoms with Crippen LogP contribution < -0.4 is 0 Å². The zero-order chi connectivity index (χ0) is 10.4. The summed E-state index contributed by atoms with van der Waals surface area (Å²) < 4.78 is 5.00. The van der Waals surface area contributed by atoms with Gasteiger partial charge in [0.05, 0.1) is 6.10 Å². The Labute approximate surface area is 79.4 Å². The van der Waals surface area contributed by atoms with Gasteiger partial charge in [-0.3, -0.25) is 0 Å². The Morgan fingerprint density at radius 2 is 2.00 bits per heavy atom. The van der Waals surface area contributed by atoms with Crippen molar-refractivity contribution in [1.82, 2.24) is 0 Å². The Balaban J connectivity index is 3.85. The topological polar surface area (TPSA) is 46.5 Å². The number of carbonyl (C=O) groups excluding carboxylic acids is 1. The molecule has 0 amide bonds. The van der Waals surface area contributed by atoms with Crippen LogP contribution in [0.25, 0.3) is 0 Å². The highest BCUT2D eigenvalue weighted by molar-refractivity contribution is 5.82. The van der Waals surface area contributed by atoms with E-state index in [9.17, 15) is 4.79 Å². The van der Waals surface area contributed by atoms with Crippen molar-refractivity contribution >= 4 is 5.97 Å². The lowest BCUT2D eigenvalue weighted by atomic mass is 10.2. The number of allylic oxidation sites excluding steroid dienone is 1. The molecule has 0 bridgehead atoms. The van der Waals surface area contributed by atoms with Gasteiger partial charge in [0.2, 0.25) is 0 Å². The fourth-order valence-electron chi connectivity index (χ4n) is 0.996. The second-order valence-corrected chi connectivity index (χ2v) is 3.55. The van der Waals surface area contributed by atoms with Gasteiger partial charge in [-0.2, -0.15) is 0 Å². The van der Waals surface area contributed by atoms with Crippen LogP contribution in [0.4, 0.5) is 0 Å². The molecular weight excluding hydrogens is 168 g/mol. The molecule has 0 aromatic carbocycles. The minimum Gasteiger partial charge on any atom is -0.459 e. The summed E-state index contributed by atoms with van der Waals surface area (Å²) in [4.78, 5) is 11.1. The first-order chi connectivity index (χ1) is 5.91. The van der Waals surface area contributed by atoms with Crippen LogP contribution in [0.1, 0.15) is 34.1 Å². The molecule has 0 aliphatic rings. The van der Waals surface area contributed by atoms with E-state index < -0.39 is 6.10 Å². The van der Waals surface area contributed by atoms with Crippen LogP contribution in [0.3, 0.4) is 0 Å². The number of hydrogen-bond donors (Lipinski definition) is 1. The fourth-order valence-corrected chi connectivity index (χ4v) is 0.996. The third kappa shape index (κ3) is 7.53. The highest BCUT2D eigenvalue weighted by atomic mass is 16.5. The summed E-state index contributed by atoms with van der Waals surface area (Å²) >= 11 is 0. The lowest BCUT2D eigenvalue weighted by Crippen LogP contribution is -2.18. The van der Waals surface area contributed by atoms with Gasteiger partial charge >= 0.3 is 5.97 Å². The van der Waals surface area contributed by atoms with Crippen LogP contribution in [-0.2, 0) is 9.53 Å². The van der Waals surface area contributed by atoms with Gasteiger partial charge in [0.15, 0.2) is 0 Å². The van der Waals surface area contributed by atoms with E-state index in [1.54, 1.807) is 13.8 Å². The summed E-state index contributed by atoms with van der Waals surface area (Å²) in [6, 6.07) is 0. The molecule has 0 heterocycles. The monoisotopic (exact) mass is 186 g/mol. The predicted molar refractivity (Wildman–Crippen MR) is 51.3 cm³/mol. The number of ether oxygens (including phenoxy) is 1. The molecule has 13 heavy (non-hydrogen) atoms. The molecule has 2 atom stereocenters. The van der Waals surface area contributed by atoms with Crippen molar-refractivity contribution in [2.75, 3.05) is 0 Å². The Morgan fingerprint density at radius 3 is 2.38 bits per heavy atom. The van der Waals surface area contributed by atoms with Crippen LogP contribution in [0, 0.1) is 0 Å². The average Bonchev–Trinajstić information content (AvgIpc) is 1.80. The van der Waals surface area contributed by atoms with Crippen LogP contribution >= 0.6 is 0 Å². The smallest absolute Gasteiger partial charge is 0.330 e. The summed E-state index contributed by atoms with van der Waals surface area (Å²) in [6.07, 6.45) is 1.25. The average molecular weight is 186 g/mol. The highest BCUT2D eigenvalue weighted by Gasteiger charge is 2.09. The molecule has 3 nitrogen and oxygen atoms in total. The van der Waals surface area contributed by atoms with E-state index in [0.29, 0.717) is 6.42 Å². The van der Waals surface area contributed by atoms with Gasteiger partial charge < -0.3 is 9.84 Å². The number of esters is 1. The van der Waals surface area contributed by atoms with E-state index in [4.69, 9.17) is 9.84 Å². The number of carbonyl (C=O) groups is 1. The molecule has 76 valence electrons. The van der Waals surface area contributed by atoms with E-state index >= 15 is 0 Å². The van der Waals surface area contributed by atoms with E-state index in [0.717, 1.165) is 5.57 Å². The molecule has 0 aromatic rings. The van der Waals surface area contributed by atoms with Crippen molar-refractivity contribution in [3.8, 4) is 0 Å². The maximum absolute atomic E-state index is 11.1. The molecule has 0 aromatic heterocycles. The summed E-state index contributed by atoms with van der Waals surface area (Å²) in [7, 11) is 0. The molecule has 2 unspecified atom stereocenters. The Kier molecular flexibility index (Phi) is 5.39. The summed E-state index contributed by atoms with van der Waals surface area (Å²) in [5, 5.41) is 9.01. The molecular formula is C10H18O3. The van der Waals surface area contributed by atoms with Crippen molar-refractivity contribution in [2.24, 2.45) is 0 Å². The number of aliphatic hydroxyl groups is 1. The quantitative estimate of drug-likeness (QED) is 0.536. The number of hydrogen-bond acceptors (Lipinski definition) is 3. The third-order valence-corrected chi connectivity index (χ3v) is 1.40. The summed E-state index contributed by atoms with van der Waals surface area (Å²) in [5.41, 5.74) is 0.911. The Bertz CT molecular complexity index is 190. The van der Waals surface area contributed by atoms with Crippen molar-refractivity contribution in [3.63, 3.8) is 0 Å². The van der Waals surface area contributed by atoms with Gasteiger partial charge in [0.25, 0.3) is 0 Å². The van der Waals surface area contributed by atoms with Crippen LogP contribution in [0.15, 0.2) is 11.6 Å². The molecule has 0 aliphatic heterocycles. The molecule has 0 aliphatic carbocycles. The zero-order valence-electron chi connectivity index (χ0n) is 8.70. The van der Waals surface area contributed by atoms with Crippen molar-refractivity contribution in [1.29, 1.82) is 0 Å². The SMILES string of the molecule is CC(C)=CC(=O)OC(C)CC(C)O. The molecule has 0 fully saturated rings. The lowest BCUT2D eigenvalue weighted by Gasteiger charge is -2.13. The first-order valence-corrected chi connectivity index (χ1v) is 4.45. The van der Waals surface area contributed by atoms with Gasteiger partial charge in [0, 0.05) is 12.5 Å². The molecule has 3 heteroatoms. The second kappa shape index (κ2) is 5.75. The Hall–Kier alpha value is -0.830. The maximum Gasteiger partial charge on any atom is 0.330 e. The summed E-state index contributed by atoms with van der Waals surface area (Å²) in [5.74, 6) is -0.340. The third-order valence-electron chi connectivity index (χ3n) is 1.40. The number of aliphatic hydroxyl groups excluding tert-OH is 1. The van der Waals surface area contributed by atoms with Crippen LogP contribution in [0.5, 0.6) is 0 Å². The van der Waals surface area contributed by atoms with E-state index in [1.165, 1.54) is 6.08 Å². The van der Waals surface area contributed by atoms with E-state index in [1.807, 2.05) is 13.8 Å². The molecule has 0 saturated heterocycles. The van der Waals surface area contributed by atoms with Crippen molar-refractivity contribution < 1.29 is 14.6 Å². The van der Waals surface area contributed by atoms with Crippen molar-refractivity contribution in [3.05, 3.63) is 11.6 Å².